The van der Waals surface area contributed by atoms with Crippen molar-refractivity contribution in [3.63, 3.8) is 0 Å². The number of carbonyl (C=O) groups excluding carboxylic acids is 3. The summed E-state index contributed by atoms with van der Waals surface area (Å²) in [6.45, 7) is 4.89. The first kappa shape index (κ1) is 18.4. The Morgan fingerprint density at radius 1 is 0.962 bits per heavy atom. The molecule has 0 radical (unpaired) electrons. The van der Waals surface area contributed by atoms with Crippen molar-refractivity contribution in [2.75, 3.05) is 10.6 Å². The average molecular weight is 357 g/mol. The van der Waals surface area contributed by atoms with Crippen LogP contribution in [0.25, 0.3) is 0 Å². The van der Waals surface area contributed by atoms with Gasteiger partial charge in [-0.3, -0.25) is 14.4 Å². The number of nitrogens with one attached hydrogen (secondary N) is 3. The molecule has 2 aliphatic carbocycles. The summed E-state index contributed by atoms with van der Waals surface area (Å²) in [6.07, 6.45) is 5.12. The van der Waals surface area contributed by atoms with Gasteiger partial charge < -0.3 is 16.0 Å². The molecule has 2 saturated carbocycles. The monoisotopic (exact) mass is 357 g/mol. The molecule has 26 heavy (non-hydrogen) atoms. The Morgan fingerprint density at radius 3 is 2.04 bits per heavy atom. The van der Waals surface area contributed by atoms with E-state index in [0.29, 0.717) is 22.9 Å². The van der Waals surface area contributed by atoms with Crippen LogP contribution in [0, 0.1) is 17.8 Å². The van der Waals surface area contributed by atoms with E-state index in [-0.39, 0.29) is 23.8 Å². The summed E-state index contributed by atoms with van der Waals surface area (Å²) < 4.78 is 0. The number of rotatable bonds is 5. The molecule has 3 amide bonds. The van der Waals surface area contributed by atoms with Crippen molar-refractivity contribution in [1.29, 1.82) is 0 Å². The van der Waals surface area contributed by atoms with Crippen molar-refractivity contribution in [3.05, 3.63) is 23.8 Å². The second-order valence-corrected chi connectivity index (χ2v) is 7.76. The average Bonchev–Trinajstić information content (AvgIpc) is 3.16. The highest BCUT2D eigenvalue weighted by Gasteiger charge is 2.42. The maximum absolute atomic E-state index is 12.8. The zero-order chi connectivity index (χ0) is 18.8. The minimum Gasteiger partial charge on any atom is -0.349 e. The van der Waals surface area contributed by atoms with E-state index < -0.39 is 0 Å². The molecule has 2 aliphatic rings. The van der Waals surface area contributed by atoms with E-state index >= 15 is 0 Å². The van der Waals surface area contributed by atoms with E-state index in [1.807, 2.05) is 0 Å². The maximum Gasteiger partial charge on any atom is 0.251 e. The van der Waals surface area contributed by atoms with E-state index in [4.69, 9.17) is 0 Å². The fourth-order valence-electron chi connectivity index (χ4n) is 4.61. The van der Waals surface area contributed by atoms with Gasteiger partial charge in [0, 0.05) is 36.8 Å². The third-order valence-corrected chi connectivity index (χ3v) is 5.63. The Labute approximate surface area is 154 Å². The second kappa shape index (κ2) is 7.48. The zero-order valence-corrected chi connectivity index (χ0v) is 15.6. The molecule has 0 heterocycles. The molecule has 0 aliphatic heterocycles. The molecule has 0 unspecified atom stereocenters. The van der Waals surface area contributed by atoms with Crippen molar-refractivity contribution in [1.82, 2.24) is 5.32 Å². The van der Waals surface area contributed by atoms with Gasteiger partial charge in [0.2, 0.25) is 11.8 Å². The summed E-state index contributed by atoms with van der Waals surface area (Å²) in [7, 11) is 0. The lowest BCUT2D eigenvalue weighted by atomic mass is 9.84. The van der Waals surface area contributed by atoms with Crippen LogP contribution in [0.4, 0.5) is 11.4 Å². The van der Waals surface area contributed by atoms with Gasteiger partial charge in [-0.15, -0.1) is 0 Å². The fraction of sp³-hybridized carbons (Fsp3) is 0.550. The van der Waals surface area contributed by atoms with Crippen LogP contribution in [-0.2, 0) is 9.59 Å². The second-order valence-electron chi connectivity index (χ2n) is 7.76. The third kappa shape index (κ3) is 4.23. The Hall–Kier alpha value is -2.37. The Bertz CT molecular complexity index is 697. The topological polar surface area (TPSA) is 87.3 Å². The highest BCUT2D eigenvalue weighted by atomic mass is 16.2. The lowest BCUT2D eigenvalue weighted by Gasteiger charge is -2.28. The molecule has 1 aromatic rings. The number of amides is 3. The summed E-state index contributed by atoms with van der Waals surface area (Å²) in [4.78, 5) is 35.5. The molecule has 0 saturated heterocycles. The minimum absolute atomic E-state index is 0.117. The first-order valence-electron chi connectivity index (χ1n) is 9.33. The van der Waals surface area contributed by atoms with Crippen LogP contribution in [0.1, 0.15) is 56.8 Å². The van der Waals surface area contributed by atoms with Gasteiger partial charge in [0.1, 0.15) is 0 Å². The predicted molar refractivity (Wildman–Crippen MR) is 101 cm³/mol. The molecule has 6 heteroatoms. The lowest BCUT2D eigenvalue weighted by molar-refractivity contribution is -0.115. The van der Waals surface area contributed by atoms with Crippen molar-refractivity contribution >= 4 is 29.1 Å². The van der Waals surface area contributed by atoms with Crippen LogP contribution >= 0.6 is 0 Å². The quantitative estimate of drug-likeness (QED) is 0.756. The molecule has 2 bridgehead atoms. The maximum atomic E-state index is 12.8. The molecule has 3 rings (SSSR count). The molecule has 140 valence electrons. The third-order valence-electron chi connectivity index (χ3n) is 5.63. The highest BCUT2D eigenvalue weighted by Crippen LogP contribution is 2.49. The van der Waals surface area contributed by atoms with Crippen LogP contribution in [-0.4, -0.2) is 23.8 Å². The van der Waals surface area contributed by atoms with Crippen molar-refractivity contribution in [3.8, 4) is 0 Å². The van der Waals surface area contributed by atoms with Gasteiger partial charge in [-0.2, -0.15) is 0 Å². The molecular weight excluding hydrogens is 330 g/mol. The largest absolute Gasteiger partial charge is 0.349 e. The molecule has 6 nitrogen and oxygen atoms in total. The van der Waals surface area contributed by atoms with Gasteiger partial charge in [-0.05, 0) is 62.1 Å². The Kier molecular flexibility index (Phi) is 5.30. The fourth-order valence-corrected chi connectivity index (χ4v) is 4.61. The van der Waals surface area contributed by atoms with E-state index in [0.717, 1.165) is 11.8 Å². The van der Waals surface area contributed by atoms with E-state index in [1.165, 1.54) is 39.5 Å². The molecule has 4 atom stereocenters. The van der Waals surface area contributed by atoms with Gasteiger partial charge in [0.05, 0.1) is 0 Å². The molecule has 1 aromatic carbocycles. The minimum atomic E-state index is -0.230. The van der Waals surface area contributed by atoms with Gasteiger partial charge in [0.25, 0.3) is 5.91 Å². The van der Waals surface area contributed by atoms with Gasteiger partial charge in [-0.1, -0.05) is 6.42 Å². The molecule has 2 fully saturated rings. The number of fused-ring (bicyclic) bond motifs is 2. The smallest absolute Gasteiger partial charge is 0.251 e. The van der Waals surface area contributed by atoms with Crippen molar-refractivity contribution in [2.24, 2.45) is 17.8 Å². The summed E-state index contributed by atoms with van der Waals surface area (Å²) in [5.41, 5.74) is 1.40. The normalized spacial score (nSPS) is 24.8. The van der Waals surface area contributed by atoms with Gasteiger partial charge in [0.15, 0.2) is 0 Å². The molecular formula is C20H27N3O3. The van der Waals surface area contributed by atoms with Gasteiger partial charge >= 0.3 is 0 Å². The molecule has 0 spiro atoms. The zero-order valence-electron chi connectivity index (χ0n) is 15.6. The number of anilines is 2. The summed E-state index contributed by atoms with van der Waals surface area (Å²) in [5.74, 6) is 1.47. The van der Waals surface area contributed by atoms with Crippen molar-refractivity contribution in [2.45, 2.75) is 52.5 Å². The van der Waals surface area contributed by atoms with Crippen LogP contribution < -0.4 is 16.0 Å². The number of hydrogen-bond donors (Lipinski definition) is 3. The highest BCUT2D eigenvalue weighted by molar-refractivity contribution is 6.00. The summed E-state index contributed by atoms with van der Waals surface area (Å²) in [5, 5.41) is 8.47. The van der Waals surface area contributed by atoms with Crippen molar-refractivity contribution < 1.29 is 14.4 Å². The number of carbonyl (C=O) groups is 3. The van der Waals surface area contributed by atoms with Gasteiger partial charge in [-0.25, -0.2) is 0 Å². The SMILES string of the molecule is CC(=O)Nc1cc(NC(C)=O)cc(C(=O)N[C@@H](C)[C@H]2C[C@H]3CC[C@H]2C3)c1. The van der Waals surface area contributed by atoms with Crippen LogP contribution in [0.15, 0.2) is 18.2 Å². The first-order valence-corrected chi connectivity index (χ1v) is 9.33. The number of hydrogen-bond acceptors (Lipinski definition) is 3. The van der Waals surface area contributed by atoms with Crippen LogP contribution in [0.5, 0.6) is 0 Å². The standard InChI is InChI=1S/C20H27N3O3/c1-11(19-7-14-4-5-15(19)6-14)21-20(26)16-8-17(22-12(2)24)10-18(9-16)23-13(3)25/h8-11,14-15,19H,4-7H2,1-3H3,(H,21,26)(H,22,24)(H,23,25)/t11-,14-,15-,19+/m0/s1. The summed E-state index contributed by atoms with van der Waals surface area (Å²) >= 11 is 0. The van der Waals surface area contributed by atoms with Crippen LogP contribution in [0.2, 0.25) is 0 Å². The molecule has 0 aromatic heterocycles. The van der Waals surface area contributed by atoms with Crippen LogP contribution in [0.3, 0.4) is 0 Å². The Balaban J connectivity index is 1.74. The van der Waals surface area contributed by atoms with E-state index in [9.17, 15) is 14.4 Å². The number of benzene rings is 1. The summed E-state index contributed by atoms with van der Waals surface area (Å²) in [6, 6.07) is 5.02. The van der Waals surface area contributed by atoms with E-state index in [1.54, 1.807) is 18.2 Å². The molecule has 3 N–H and O–H groups in total. The predicted octanol–water partition coefficient (Wildman–Crippen LogP) is 3.16. The lowest BCUT2D eigenvalue weighted by Crippen LogP contribution is -2.40. The van der Waals surface area contributed by atoms with E-state index in [2.05, 4.69) is 22.9 Å². The first-order chi connectivity index (χ1) is 12.3. The Morgan fingerprint density at radius 2 is 1.58 bits per heavy atom.